The van der Waals surface area contributed by atoms with Crippen molar-refractivity contribution >= 4 is 22.9 Å². The van der Waals surface area contributed by atoms with Gasteiger partial charge < -0.3 is 10.6 Å². The quantitative estimate of drug-likeness (QED) is 0.843. The monoisotopic (exact) mass is 292 g/mol. The fourth-order valence-corrected chi connectivity index (χ4v) is 3.06. The Hall–Kier alpha value is -1.20. The van der Waals surface area contributed by atoms with Crippen LogP contribution in [0.4, 0.5) is 5.69 Å². The average Bonchev–Trinajstić information content (AvgIpc) is 2.30. The zero-order chi connectivity index (χ0) is 15.1. The fourth-order valence-electron chi connectivity index (χ4n) is 2.81. The molecule has 110 valence electrons. The Morgan fingerprint density at radius 2 is 2.00 bits per heavy atom. The number of aromatic nitrogens is 1. The van der Waals surface area contributed by atoms with E-state index in [0.717, 1.165) is 42.3 Å². The minimum absolute atomic E-state index is 0.136. The first kappa shape index (κ1) is 15.2. The van der Waals surface area contributed by atoms with E-state index in [1.165, 1.54) is 0 Å². The van der Waals surface area contributed by atoms with Crippen LogP contribution in [0, 0.1) is 13.8 Å². The highest BCUT2D eigenvalue weighted by Crippen LogP contribution is 2.29. The topological polar surface area (TPSA) is 45.4 Å². The first-order chi connectivity index (χ1) is 9.22. The summed E-state index contributed by atoms with van der Waals surface area (Å²) in [5.41, 5.74) is 10.0. The van der Waals surface area contributed by atoms with Crippen LogP contribution in [0.3, 0.4) is 0 Å². The largest absolute Gasteiger partial charge is 0.389 e. The molecule has 1 aliphatic heterocycles. The number of likely N-dealkylation sites (N-methyl/N-ethyl adjacent to an activating group) is 1. The summed E-state index contributed by atoms with van der Waals surface area (Å²) >= 11 is 5.23. The molecule has 0 bridgehead atoms. The number of anilines is 1. The van der Waals surface area contributed by atoms with Gasteiger partial charge >= 0.3 is 0 Å². The summed E-state index contributed by atoms with van der Waals surface area (Å²) in [6, 6.07) is 2.10. The zero-order valence-corrected chi connectivity index (χ0v) is 13.8. The van der Waals surface area contributed by atoms with Crippen LogP contribution in [0.5, 0.6) is 0 Å². The molecule has 1 aromatic rings. The summed E-state index contributed by atoms with van der Waals surface area (Å²) < 4.78 is 0. The normalized spacial score (nSPS) is 19.1. The highest BCUT2D eigenvalue weighted by atomic mass is 32.1. The molecule has 0 atom stereocenters. The summed E-state index contributed by atoms with van der Waals surface area (Å²) in [6.45, 7) is 11.5. The minimum Gasteiger partial charge on any atom is -0.389 e. The molecule has 0 amide bonds. The molecule has 5 heteroatoms. The SMILES string of the molecule is Cc1cc(N2CCN(C)C(C)(C)C2)c(C(N)=S)c(C)n1. The Bertz CT molecular complexity index is 539. The smallest absolute Gasteiger partial charge is 0.107 e. The van der Waals surface area contributed by atoms with Crippen LogP contribution in [0.25, 0.3) is 0 Å². The molecule has 1 saturated heterocycles. The number of hydrogen-bond acceptors (Lipinski definition) is 4. The lowest BCUT2D eigenvalue weighted by Gasteiger charge is -2.46. The van der Waals surface area contributed by atoms with Crippen molar-refractivity contribution in [1.82, 2.24) is 9.88 Å². The number of piperazine rings is 1. The second-order valence-electron chi connectivity index (χ2n) is 6.26. The summed E-state index contributed by atoms with van der Waals surface area (Å²) in [7, 11) is 2.18. The van der Waals surface area contributed by atoms with Crippen LogP contribution in [-0.4, -0.2) is 47.1 Å². The van der Waals surface area contributed by atoms with Gasteiger partial charge in [0, 0.05) is 36.6 Å². The maximum absolute atomic E-state index is 5.92. The van der Waals surface area contributed by atoms with E-state index in [1.807, 2.05) is 13.8 Å². The number of nitrogens with two attached hydrogens (primary N) is 1. The molecule has 2 rings (SSSR count). The van der Waals surface area contributed by atoms with Gasteiger partial charge in [-0.3, -0.25) is 9.88 Å². The van der Waals surface area contributed by atoms with Gasteiger partial charge in [-0.1, -0.05) is 12.2 Å². The maximum atomic E-state index is 5.92. The third kappa shape index (κ3) is 2.79. The molecule has 0 unspecified atom stereocenters. The zero-order valence-electron chi connectivity index (χ0n) is 13.0. The van der Waals surface area contributed by atoms with Crippen LogP contribution >= 0.6 is 12.2 Å². The molecular weight excluding hydrogens is 268 g/mol. The molecule has 1 aromatic heterocycles. The van der Waals surface area contributed by atoms with Crippen LogP contribution in [0.1, 0.15) is 30.8 Å². The molecule has 1 fully saturated rings. The molecule has 0 saturated carbocycles. The summed E-state index contributed by atoms with van der Waals surface area (Å²) in [4.78, 5) is 9.71. The van der Waals surface area contributed by atoms with Crippen molar-refractivity contribution < 1.29 is 0 Å². The van der Waals surface area contributed by atoms with E-state index >= 15 is 0 Å². The van der Waals surface area contributed by atoms with Gasteiger partial charge in [-0.15, -0.1) is 0 Å². The highest BCUT2D eigenvalue weighted by molar-refractivity contribution is 7.80. The van der Waals surface area contributed by atoms with E-state index in [-0.39, 0.29) is 5.54 Å². The van der Waals surface area contributed by atoms with Gasteiger partial charge in [0.1, 0.15) is 4.99 Å². The average molecular weight is 292 g/mol. The van der Waals surface area contributed by atoms with Crippen molar-refractivity contribution in [2.75, 3.05) is 31.6 Å². The van der Waals surface area contributed by atoms with Crippen LogP contribution in [-0.2, 0) is 0 Å². The Balaban J connectivity index is 2.45. The van der Waals surface area contributed by atoms with Gasteiger partial charge in [-0.25, -0.2) is 0 Å². The van der Waals surface area contributed by atoms with Crippen LogP contribution in [0.15, 0.2) is 6.07 Å². The van der Waals surface area contributed by atoms with Gasteiger partial charge in [-0.2, -0.15) is 0 Å². The molecule has 0 spiro atoms. The van der Waals surface area contributed by atoms with Crippen molar-refractivity contribution in [2.24, 2.45) is 5.73 Å². The van der Waals surface area contributed by atoms with Crippen LogP contribution in [0.2, 0.25) is 0 Å². The molecule has 2 N–H and O–H groups in total. The third-order valence-corrected chi connectivity index (χ3v) is 4.42. The minimum atomic E-state index is 0.136. The van der Waals surface area contributed by atoms with E-state index in [2.05, 4.69) is 41.7 Å². The molecule has 0 aromatic carbocycles. The molecule has 1 aliphatic rings. The lowest BCUT2D eigenvalue weighted by molar-refractivity contribution is 0.139. The highest BCUT2D eigenvalue weighted by Gasteiger charge is 2.32. The second kappa shape index (κ2) is 5.30. The van der Waals surface area contributed by atoms with Crippen molar-refractivity contribution in [2.45, 2.75) is 33.2 Å². The molecule has 4 nitrogen and oxygen atoms in total. The van der Waals surface area contributed by atoms with Gasteiger partial charge in [0.25, 0.3) is 0 Å². The van der Waals surface area contributed by atoms with E-state index in [1.54, 1.807) is 0 Å². The van der Waals surface area contributed by atoms with E-state index in [4.69, 9.17) is 18.0 Å². The number of thiocarbonyl (C=S) groups is 1. The lowest BCUT2D eigenvalue weighted by Crippen LogP contribution is -2.58. The molecular formula is C15H24N4S. The van der Waals surface area contributed by atoms with Gasteiger partial charge in [0.2, 0.25) is 0 Å². The van der Waals surface area contributed by atoms with Gasteiger partial charge in [-0.05, 0) is 40.8 Å². The first-order valence-corrected chi connectivity index (χ1v) is 7.37. The van der Waals surface area contributed by atoms with E-state index in [0.29, 0.717) is 4.99 Å². The Morgan fingerprint density at radius 3 is 2.55 bits per heavy atom. The van der Waals surface area contributed by atoms with Crippen molar-refractivity contribution in [3.05, 3.63) is 23.0 Å². The summed E-state index contributed by atoms with van der Waals surface area (Å²) in [5, 5.41) is 0. The number of rotatable bonds is 2. The Kier molecular flexibility index (Phi) is 4.02. The first-order valence-electron chi connectivity index (χ1n) is 6.96. The van der Waals surface area contributed by atoms with Crippen molar-refractivity contribution in [3.8, 4) is 0 Å². The summed E-state index contributed by atoms with van der Waals surface area (Å²) in [5.74, 6) is 0. The van der Waals surface area contributed by atoms with E-state index < -0.39 is 0 Å². The predicted molar refractivity (Wildman–Crippen MR) is 88.5 cm³/mol. The van der Waals surface area contributed by atoms with Crippen molar-refractivity contribution in [3.63, 3.8) is 0 Å². The number of aryl methyl sites for hydroxylation is 2. The fraction of sp³-hybridized carbons (Fsp3) is 0.600. The Morgan fingerprint density at radius 1 is 1.35 bits per heavy atom. The maximum Gasteiger partial charge on any atom is 0.107 e. The lowest BCUT2D eigenvalue weighted by atomic mass is 9.98. The standard InChI is InChI=1S/C15H24N4S/c1-10-8-12(13(14(16)20)11(2)17-10)19-7-6-18(5)15(3,4)9-19/h8H,6-7,9H2,1-5H3,(H2,16,20). The number of hydrogen-bond donors (Lipinski definition) is 1. The predicted octanol–water partition coefficient (Wildman–Crippen LogP) is 1.86. The van der Waals surface area contributed by atoms with Crippen molar-refractivity contribution in [1.29, 1.82) is 0 Å². The third-order valence-electron chi connectivity index (χ3n) is 4.21. The number of nitrogens with zero attached hydrogens (tertiary/aromatic N) is 3. The van der Waals surface area contributed by atoms with Gasteiger partial charge in [0.05, 0.1) is 11.3 Å². The second-order valence-corrected chi connectivity index (χ2v) is 6.70. The molecule has 0 radical (unpaired) electrons. The molecule has 2 heterocycles. The van der Waals surface area contributed by atoms with Gasteiger partial charge in [0.15, 0.2) is 0 Å². The summed E-state index contributed by atoms with van der Waals surface area (Å²) in [6.07, 6.45) is 0. The molecule has 0 aliphatic carbocycles. The van der Waals surface area contributed by atoms with Crippen LogP contribution < -0.4 is 10.6 Å². The Labute approximate surface area is 127 Å². The van der Waals surface area contributed by atoms with E-state index in [9.17, 15) is 0 Å². The molecule has 20 heavy (non-hydrogen) atoms. The number of pyridine rings is 1.